The van der Waals surface area contributed by atoms with Gasteiger partial charge in [0.1, 0.15) is 0 Å². The number of thioether (sulfide) groups is 1. The Morgan fingerprint density at radius 2 is 2.09 bits per heavy atom. The van der Waals surface area contributed by atoms with Gasteiger partial charge in [-0.15, -0.1) is 11.3 Å². The van der Waals surface area contributed by atoms with E-state index in [-0.39, 0.29) is 0 Å². The van der Waals surface area contributed by atoms with Crippen molar-refractivity contribution < 1.29 is 24.5 Å². The minimum absolute atomic E-state index is 0.334. The largest absolute Gasteiger partial charge is 0.478 e. The molecule has 7 N–H and O–H groups in total. The Morgan fingerprint density at radius 3 is 2.66 bits per heavy atom. The lowest BCUT2D eigenvalue weighted by molar-refractivity contribution is -0.134. The Hall–Kier alpha value is -3.35. The maximum atomic E-state index is 9.55. The SMILES string of the molecule is CN=C(NC#N)NCCSCc1csc(NC(N)=NCCOC)n1.O=C(O)/C=C/C(=O)O. The predicted molar refractivity (Wildman–Crippen MR) is 125 cm³/mol. The Labute approximate surface area is 193 Å². The number of nitrogens with two attached hydrogens (primary N) is 1. The van der Waals surface area contributed by atoms with Crippen molar-refractivity contribution in [2.75, 3.05) is 44.9 Å². The van der Waals surface area contributed by atoms with Gasteiger partial charge < -0.3 is 31.3 Å². The lowest BCUT2D eigenvalue weighted by atomic mass is 10.5. The molecule has 13 nitrogen and oxygen atoms in total. The minimum atomic E-state index is -1.26. The van der Waals surface area contributed by atoms with Crippen molar-refractivity contribution in [2.24, 2.45) is 15.7 Å². The smallest absolute Gasteiger partial charge is 0.328 e. The predicted octanol–water partition coefficient (Wildman–Crippen LogP) is 0.107. The van der Waals surface area contributed by atoms with Crippen LogP contribution in [0.2, 0.25) is 0 Å². The highest BCUT2D eigenvalue weighted by atomic mass is 32.2. The lowest BCUT2D eigenvalue weighted by Gasteiger charge is -2.06. The third-order valence-electron chi connectivity index (χ3n) is 2.92. The molecule has 0 aliphatic rings. The molecule has 0 atom stereocenters. The number of nitrogens with one attached hydrogen (secondary N) is 3. The molecular formula is C17H26N8O5S2. The number of nitriles is 1. The molecule has 0 aliphatic carbocycles. The molecule has 0 saturated heterocycles. The summed E-state index contributed by atoms with van der Waals surface area (Å²) < 4.78 is 4.91. The summed E-state index contributed by atoms with van der Waals surface area (Å²) in [4.78, 5) is 31.6. The van der Waals surface area contributed by atoms with Crippen LogP contribution in [0.3, 0.4) is 0 Å². The molecule has 1 aromatic heterocycles. The Kier molecular flexibility index (Phi) is 16.5. The van der Waals surface area contributed by atoms with Crippen molar-refractivity contribution in [3.05, 3.63) is 23.2 Å². The molecule has 0 amide bonds. The zero-order valence-corrected chi connectivity index (χ0v) is 19.2. The third kappa shape index (κ3) is 16.4. The van der Waals surface area contributed by atoms with Gasteiger partial charge in [-0.05, 0) is 0 Å². The van der Waals surface area contributed by atoms with Crippen LogP contribution in [-0.4, -0.2) is 78.7 Å². The van der Waals surface area contributed by atoms with E-state index in [0.29, 0.717) is 43.8 Å². The second-order valence-corrected chi connectivity index (χ2v) is 7.29. The van der Waals surface area contributed by atoms with Gasteiger partial charge >= 0.3 is 11.9 Å². The first-order valence-corrected chi connectivity index (χ1v) is 10.9. The summed E-state index contributed by atoms with van der Waals surface area (Å²) in [7, 11) is 3.24. The van der Waals surface area contributed by atoms with E-state index in [2.05, 4.69) is 30.9 Å². The highest BCUT2D eigenvalue weighted by Crippen LogP contribution is 2.19. The van der Waals surface area contributed by atoms with E-state index in [1.807, 2.05) is 11.6 Å². The first kappa shape index (κ1) is 28.6. The fourth-order valence-corrected chi connectivity index (χ4v) is 3.20. The van der Waals surface area contributed by atoms with Crippen LogP contribution in [0.4, 0.5) is 5.13 Å². The number of methoxy groups -OCH3 is 1. The monoisotopic (exact) mass is 486 g/mol. The summed E-state index contributed by atoms with van der Waals surface area (Å²) in [5.41, 5.74) is 6.74. The van der Waals surface area contributed by atoms with Gasteiger partial charge in [0.15, 0.2) is 17.3 Å². The van der Waals surface area contributed by atoms with Gasteiger partial charge in [-0.1, -0.05) is 0 Å². The fourth-order valence-electron chi connectivity index (χ4n) is 1.63. The van der Waals surface area contributed by atoms with Gasteiger partial charge in [-0.2, -0.15) is 17.0 Å². The first-order valence-electron chi connectivity index (χ1n) is 8.90. The van der Waals surface area contributed by atoms with E-state index in [4.69, 9.17) is 25.9 Å². The van der Waals surface area contributed by atoms with Crippen LogP contribution < -0.4 is 21.7 Å². The number of hydrogen-bond acceptors (Lipinski definition) is 9. The maximum absolute atomic E-state index is 9.55. The van der Waals surface area contributed by atoms with Crippen LogP contribution >= 0.6 is 23.1 Å². The summed E-state index contributed by atoms with van der Waals surface area (Å²) in [5.74, 6) is -0.0415. The van der Waals surface area contributed by atoms with E-state index >= 15 is 0 Å². The molecule has 1 heterocycles. The Bertz CT molecular complexity index is 819. The molecule has 0 fully saturated rings. The molecule has 0 unspecified atom stereocenters. The van der Waals surface area contributed by atoms with Crippen LogP contribution in [-0.2, 0) is 20.1 Å². The molecule has 1 aromatic rings. The molecule has 15 heteroatoms. The molecule has 32 heavy (non-hydrogen) atoms. The second kappa shape index (κ2) is 18.4. The summed E-state index contributed by atoms with van der Waals surface area (Å²) in [6.45, 7) is 1.75. The standard InChI is InChI=1S/C13H22N8OS2.C4H4O4/c1-16-12(19-9-14)18-4-6-23-7-10-8-24-13(20-10)21-11(15)17-3-5-22-2;5-3(6)1-2-4(7)8/h8H,3-7H2,1-2H3,(H2,16,18,19)(H3,15,17,20,21);1-2H,(H,5,6)(H,7,8)/b;2-1+. The van der Waals surface area contributed by atoms with Gasteiger partial charge in [0.05, 0.1) is 18.8 Å². The number of ether oxygens (including phenoxy) is 1. The zero-order chi connectivity index (χ0) is 24.2. The fraction of sp³-hybridized carbons (Fsp3) is 0.412. The second-order valence-electron chi connectivity index (χ2n) is 5.33. The highest BCUT2D eigenvalue weighted by molar-refractivity contribution is 7.98. The van der Waals surface area contributed by atoms with Gasteiger partial charge in [0.2, 0.25) is 5.96 Å². The molecule has 0 aromatic carbocycles. The van der Waals surface area contributed by atoms with Crippen molar-refractivity contribution in [1.29, 1.82) is 5.26 Å². The summed E-state index contributed by atoms with van der Waals surface area (Å²) in [6.07, 6.45) is 2.94. The number of aliphatic imine (C=N–C) groups is 2. The number of thiazole rings is 1. The minimum Gasteiger partial charge on any atom is -0.478 e. The quantitative estimate of drug-likeness (QED) is 0.0615. The van der Waals surface area contributed by atoms with Crippen LogP contribution in [0.1, 0.15) is 5.69 Å². The normalized spacial score (nSPS) is 11.3. The summed E-state index contributed by atoms with van der Waals surface area (Å²) in [6, 6.07) is 0. The number of carbonyl (C=O) groups is 2. The number of carboxylic acid groups (broad SMARTS) is 2. The molecule has 0 saturated carbocycles. The van der Waals surface area contributed by atoms with Gasteiger partial charge in [-0.25, -0.2) is 14.6 Å². The van der Waals surface area contributed by atoms with Crippen LogP contribution in [0, 0.1) is 11.5 Å². The molecular weight excluding hydrogens is 460 g/mol. The highest BCUT2D eigenvalue weighted by Gasteiger charge is 2.03. The zero-order valence-electron chi connectivity index (χ0n) is 17.6. The van der Waals surface area contributed by atoms with Crippen molar-refractivity contribution in [3.8, 4) is 6.19 Å². The lowest BCUT2D eigenvalue weighted by Crippen LogP contribution is -2.35. The average Bonchev–Trinajstić information content (AvgIpc) is 3.19. The molecule has 0 radical (unpaired) electrons. The van der Waals surface area contributed by atoms with E-state index in [1.165, 1.54) is 11.3 Å². The van der Waals surface area contributed by atoms with Crippen molar-refractivity contribution >= 4 is 52.1 Å². The van der Waals surface area contributed by atoms with Crippen LogP contribution in [0.15, 0.2) is 27.5 Å². The average molecular weight is 487 g/mol. The molecule has 0 bridgehead atoms. The van der Waals surface area contributed by atoms with Crippen molar-refractivity contribution in [1.82, 2.24) is 15.6 Å². The number of anilines is 1. The number of rotatable bonds is 11. The number of carboxylic acids is 2. The topological polar surface area (TPSA) is 207 Å². The molecule has 176 valence electrons. The van der Waals surface area contributed by atoms with Crippen LogP contribution in [0.5, 0.6) is 0 Å². The number of nitrogens with zero attached hydrogens (tertiary/aromatic N) is 4. The van der Waals surface area contributed by atoms with E-state index in [1.54, 1.807) is 25.9 Å². The number of guanidine groups is 2. The Balaban J connectivity index is 0.00000102. The van der Waals surface area contributed by atoms with E-state index < -0.39 is 11.9 Å². The third-order valence-corrected chi connectivity index (χ3v) is 4.72. The molecule has 0 spiro atoms. The van der Waals surface area contributed by atoms with Gasteiger partial charge in [0.25, 0.3) is 0 Å². The number of hydrogen-bond donors (Lipinski definition) is 6. The maximum Gasteiger partial charge on any atom is 0.328 e. The van der Waals surface area contributed by atoms with Crippen molar-refractivity contribution in [2.45, 2.75) is 5.75 Å². The molecule has 0 aliphatic heterocycles. The number of aromatic nitrogens is 1. The van der Waals surface area contributed by atoms with Crippen LogP contribution in [0.25, 0.3) is 0 Å². The summed E-state index contributed by atoms with van der Waals surface area (Å²) >= 11 is 3.22. The Morgan fingerprint density at radius 1 is 1.41 bits per heavy atom. The summed E-state index contributed by atoms with van der Waals surface area (Å²) in [5, 5.41) is 35.3. The van der Waals surface area contributed by atoms with E-state index in [0.717, 1.165) is 22.3 Å². The number of aliphatic carboxylic acids is 2. The molecule has 1 rings (SSSR count). The van der Waals surface area contributed by atoms with Gasteiger partial charge in [0, 0.05) is 49.7 Å². The van der Waals surface area contributed by atoms with Gasteiger partial charge in [-0.3, -0.25) is 15.3 Å². The first-order chi connectivity index (χ1) is 15.3. The van der Waals surface area contributed by atoms with E-state index in [9.17, 15) is 9.59 Å². The van der Waals surface area contributed by atoms with Crippen molar-refractivity contribution in [3.63, 3.8) is 0 Å².